The van der Waals surface area contributed by atoms with E-state index in [1.165, 1.54) is 0 Å². The summed E-state index contributed by atoms with van der Waals surface area (Å²) in [5.41, 5.74) is 2.75. The number of rotatable bonds is 3. The zero-order valence-electron chi connectivity index (χ0n) is 9.30. The fourth-order valence-corrected chi connectivity index (χ4v) is 1.69. The largest absolute Gasteiger partial charge is 0.260 e. The zero-order chi connectivity index (χ0) is 12.1. The molecule has 0 N–H and O–H groups in total. The fraction of sp³-hybridized carbons (Fsp3) is 0.143. The number of aromatic nitrogens is 2. The quantitative estimate of drug-likeness (QED) is 0.746. The molecule has 0 unspecified atom stereocenters. The highest BCUT2D eigenvalue weighted by atomic mass is 15.3. The Bertz CT molecular complexity index is 582. The molecule has 0 aliphatic rings. The van der Waals surface area contributed by atoms with Gasteiger partial charge in [-0.2, -0.15) is 10.4 Å². The first-order chi connectivity index (χ1) is 8.35. The summed E-state index contributed by atoms with van der Waals surface area (Å²) in [7, 11) is 0. The Morgan fingerprint density at radius 1 is 1.29 bits per heavy atom. The summed E-state index contributed by atoms with van der Waals surface area (Å²) in [6, 6.07) is 11.9. The second kappa shape index (κ2) is 5.01. The lowest BCUT2D eigenvalue weighted by atomic mass is 10.1. The Kier molecular flexibility index (Phi) is 3.23. The van der Waals surface area contributed by atoms with Gasteiger partial charge in [0.25, 0.3) is 0 Å². The summed E-state index contributed by atoms with van der Waals surface area (Å²) < 4.78 is 1.69. The van der Waals surface area contributed by atoms with E-state index in [1.807, 2.05) is 36.5 Å². The Hall–Kier alpha value is -2.52. The molecule has 0 spiro atoms. The molecule has 1 aromatic heterocycles. The van der Waals surface area contributed by atoms with Crippen molar-refractivity contribution in [1.82, 2.24) is 9.78 Å². The van der Waals surface area contributed by atoms with Crippen molar-refractivity contribution >= 4 is 0 Å². The van der Waals surface area contributed by atoms with Crippen LogP contribution in [0.1, 0.15) is 5.56 Å². The molecule has 3 nitrogen and oxygen atoms in total. The summed E-state index contributed by atoms with van der Waals surface area (Å²) in [5, 5.41) is 13.2. The van der Waals surface area contributed by atoms with Gasteiger partial charge in [-0.15, -0.1) is 6.42 Å². The minimum Gasteiger partial charge on any atom is -0.260 e. The first-order valence-corrected chi connectivity index (χ1v) is 5.27. The molecule has 1 heterocycles. The van der Waals surface area contributed by atoms with Crippen LogP contribution in [-0.2, 0) is 13.0 Å². The second-order valence-electron chi connectivity index (χ2n) is 3.61. The van der Waals surface area contributed by atoms with E-state index in [2.05, 4.69) is 17.1 Å². The number of nitrogens with zero attached hydrogens (tertiary/aromatic N) is 3. The summed E-state index contributed by atoms with van der Waals surface area (Å²) in [5.74, 6) is 2.54. The van der Waals surface area contributed by atoms with Gasteiger partial charge in [0.1, 0.15) is 6.54 Å². The second-order valence-corrected chi connectivity index (χ2v) is 3.61. The molecule has 0 bridgehead atoms. The maximum Gasteiger partial charge on any atom is 0.101 e. The van der Waals surface area contributed by atoms with Gasteiger partial charge in [-0.25, -0.2) is 0 Å². The van der Waals surface area contributed by atoms with Gasteiger partial charge in [-0.1, -0.05) is 36.3 Å². The average Bonchev–Trinajstić information content (AvgIpc) is 2.74. The lowest BCUT2D eigenvalue weighted by Gasteiger charge is -1.97. The summed E-state index contributed by atoms with van der Waals surface area (Å²) in [4.78, 5) is 0. The first kappa shape index (κ1) is 11.0. The Morgan fingerprint density at radius 3 is 2.71 bits per heavy atom. The molecule has 0 saturated heterocycles. The highest BCUT2D eigenvalue weighted by Crippen LogP contribution is 2.21. The van der Waals surface area contributed by atoms with Gasteiger partial charge in [0.05, 0.1) is 18.2 Å². The van der Waals surface area contributed by atoms with Crippen molar-refractivity contribution in [3.05, 3.63) is 42.1 Å². The number of nitriles is 1. The Morgan fingerprint density at radius 2 is 2.06 bits per heavy atom. The molecule has 0 amide bonds. The molecule has 17 heavy (non-hydrogen) atoms. The van der Waals surface area contributed by atoms with Crippen molar-refractivity contribution in [2.45, 2.75) is 13.0 Å². The minimum absolute atomic E-state index is 0.342. The molecular formula is C14H11N3. The van der Waals surface area contributed by atoms with Crippen LogP contribution in [0.2, 0.25) is 0 Å². The number of hydrogen-bond donors (Lipinski definition) is 0. The Labute approximate surface area is 100 Å². The molecule has 2 rings (SSSR count). The smallest absolute Gasteiger partial charge is 0.101 e. The third-order valence-corrected chi connectivity index (χ3v) is 2.41. The molecule has 1 aromatic carbocycles. The van der Waals surface area contributed by atoms with Crippen LogP contribution >= 0.6 is 0 Å². The summed E-state index contributed by atoms with van der Waals surface area (Å²) in [6.07, 6.45) is 7.44. The highest BCUT2D eigenvalue weighted by molar-refractivity contribution is 5.62. The van der Waals surface area contributed by atoms with Gasteiger partial charge in [0.15, 0.2) is 0 Å². The van der Waals surface area contributed by atoms with Crippen LogP contribution in [-0.4, -0.2) is 9.78 Å². The van der Waals surface area contributed by atoms with Gasteiger partial charge < -0.3 is 0 Å². The predicted molar refractivity (Wildman–Crippen MR) is 65.8 cm³/mol. The summed E-state index contributed by atoms with van der Waals surface area (Å²) in [6.45, 7) is 0.422. The van der Waals surface area contributed by atoms with Crippen LogP contribution in [0, 0.1) is 23.7 Å². The SMILES string of the molecule is C#CCn1cc(CC#N)c(-c2ccccc2)n1. The van der Waals surface area contributed by atoms with Gasteiger partial charge in [0, 0.05) is 17.3 Å². The molecule has 0 saturated carbocycles. The van der Waals surface area contributed by atoms with Crippen LogP contribution < -0.4 is 0 Å². The van der Waals surface area contributed by atoms with E-state index in [9.17, 15) is 0 Å². The molecule has 3 heteroatoms. The van der Waals surface area contributed by atoms with E-state index in [-0.39, 0.29) is 0 Å². The number of hydrogen-bond acceptors (Lipinski definition) is 2. The lowest BCUT2D eigenvalue weighted by Crippen LogP contribution is -1.95. The van der Waals surface area contributed by atoms with E-state index in [4.69, 9.17) is 11.7 Å². The highest BCUT2D eigenvalue weighted by Gasteiger charge is 2.09. The molecule has 82 valence electrons. The van der Waals surface area contributed by atoms with Crippen LogP contribution in [0.25, 0.3) is 11.3 Å². The molecule has 0 radical (unpaired) electrons. The standard InChI is InChI=1S/C14H11N3/c1-2-10-17-11-13(8-9-15)14(16-17)12-6-4-3-5-7-12/h1,3-7,11H,8,10H2. The van der Waals surface area contributed by atoms with Crippen molar-refractivity contribution in [3.8, 4) is 29.7 Å². The van der Waals surface area contributed by atoms with Crippen LogP contribution in [0.3, 0.4) is 0 Å². The third-order valence-electron chi connectivity index (χ3n) is 2.41. The van der Waals surface area contributed by atoms with E-state index < -0.39 is 0 Å². The Balaban J connectivity index is 2.46. The average molecular weight is 221 g/mol. The van der Waals surface area contributed by atoms with E-state index in [0.717, 1.165) is 16.8 Å². The maximum absolute atomic E-state index is 8.80. The van der Waals surface area contributed by atoms with Crippen LogP contribution in [0.4, 0.5) is 0 Å². The predicted octanol–water partition coefficient (Wildman–Crippen LogP) is 2.25. The van der Waals surface area contributed by atoms with Crippen molar-refractivity contribution in [1.29, 1.82) is 5.26 Å². The lowest BCUT2D eigenvalue weighted by molar-refractivity contribution is 0.717. The molecule has 0 fully saturated rings. The number of terminal acetylenes is 1. The molecule has 0 aliphatic heterocycles. The van der Waals surface area contributed by atoms with E-state index >= 15 is 0 Å². The van der Waals surface area contributed by atoms with Crippen LogP contribution in [0.15, 0.2) is 36.5 Å². The van der Waals surface area contributed by atoms with Gasteiger partial charge in [0.2, 0.25) is 0 Å². The first-order valence-electron chi connectivity index (χ1n) is 5.27. The van der Waals surface area contributed by atoms with E-state index in [0.29, 0.717) is 13.0 Å². The normalized spacial score (nSPS) is 9.53. The van der Waals surface area contributed by atoms with Crippen molar-refractivity contribution in [2.75, 3.05) is 0 Å². The summed E-state index contributed by atoms with van der Waals surface area (Å²) >= 11 is 0. The van der Waals surface area contributed by atoms with Crippen molar-refractivity contribution in [3.63, 3.8) is 0 Å². The van der Waals surface area contributed by atoms with Crippen molar-refractivity contribution in [2.24, 2.45) is 0 Å². The van der Waals surface area contributed by atoms with Crippen molar-refractivity contribution < 1.29 is 0 Å². The van der Waals surface area contributed by atoms with E-state index in [1.54, 1.807) is 4.68 Å². The monoisotopic (exact) mass is 221 g/mol. The molecule has 2 aromatic rings. The molecule has 0 atom stereocenters. The molecule has 0 aliphatic carbocycles. The van der Waals surface area contributed by atoms with Gasteiger partial charge >= 0.3 is 0 Å². The number of benzene rings is 1. The zero-order valence-corrected chi connectivity index (χ0v) is 9.30. The topological polar surface area (TPSA) is 41.6 Å². The minimum atomic E-state index is 0.342. The van der Waals surface area contributed by atoms with Crippen LogP contribution in [0.5, 0.6) is 0 Å². The van der Waals surface area contributed by atoms with Gasteiger partial charge in [-0.05, 0) is 0 Å². The fourth-order valence-electron chi connectivity index (χ4n) is 1.69. The van der Waals surface area contributed by atoms with Gasteiger partial charge in [-0.3, -0.25) is 4.68 Å². The molecular weight excluding hydrogens is 210 g/mol. The maximum atomic E-state index is 8.80. The third kappa shape index (κ3) is 2.35.